The van der Waals surface area contributed by atoms with Crippen LogP contribution in [-0.2, 0) is 4.74 Å². The largest absolute Gasteiger partial charge is 0.514 e. The quantitative estimate of drug-likeness (QED) is 0.233. The lowest BCUT2D eigenvalue weighted by Crippen LogP contribution is -2.28. The van der Waals surface area contributed by atoms with Crippen molar-refractivity contribution in [1.29, 1.82) is 0 Å². The highest BCUT2D eigenvalue weighted by Crippen LogP contribution is 2.50. The second-order valence-corrected chi connectivity index (χ2v) is 9.69. The van der Waals surface area contributed by atoms with Crippen LogP contribution in [0.15, 0.2) is 77.0 Å². The van der Waals surface area contributed by atoms with E-state index in [0.717, 1.165) is 16.7 Å². The Bertz CT molecular complexity index is 1290. The van der Waals surface area contributed by atoms with E-state index in [-0.39, 0.29) is 5.91 Å². The van der Waals surface area contributed by atoms with Gasteiger partial charge in [0.1, 0.15) is 17.6 Å². The molecule has 172 valence electrons. The van der Waals surface area contributed by atoms with Crippen LogP contribution in [-0.4, -0.2) is 23.9 Å². The van der Waals surface area contributed by atoms with Crippen molar-refractivity contribution in [3.63, 3.8) is 0 Å². The molecule has 0 aromatic heterocycles. The molecule has 0 fully saturated rings. The van der Waals surface area contributed by atoms with Gasteiger partial charge in [-0.25, -0.2) is 4.79 Å². The Labute approximate surface area is 202 Å². The molecule has 0 atom stereocenters. The summed E-state index contributed by atoms with van der Waals surface area (Å²) in [5, 5.41) is 0. The lowest BCUT2D eigenvalue weighted by atomic mass is 10.1. The molecule has 0 bridgehead atoms. The zero-order valence-corrected chi connectivity index (χ0v) is 19.8. The van der Waals surface area contributed by atoms with E-state index in [2.05, 4.69) is 6.58 Å². The summed E-state index contributed by atoms with van der Waals surface area (Å²) in [5.41, 5.74) is 2.54. The summed E-state index contributed by atoms with van der Waals surface area (Å²) >= 11 is 1.39. The third kappa shape index (κ3) is 4.89. The molecule has 0 saturated heterocycles. The molecule has 0 aliphatic carbocycles. The molecule has 0 unspecified atom stereocenters. The molecule has 1 aliphatic rings. The number of aldehydes is 1. The number of rotatable bonds is 4. The molecule has 0 spiro atoms. The Morgan fingerprint density at radius 3 is 2.15 bits per heavy atom. The Morgan fingerprint density at radius 2 is 1.53 bits per heavy atom. The Balaban J connectivity index is 1.74. The van der Waals surface area contributed by atoms with Crippen LogP contribution in [0.4, 0.5) is 16.2 Å². The molecule has 1 aliphatic heterocycles. The second kappa shape index (κ2) is 9.19. The molecule has 3 aromatic rings. The Kier molecular flexibility index (Phi) is 6.30. The van der Waals surface area contributed by atoms with E-state index in [0.29, 0.717) is 33.1 Å². The van der Waals surface area contributed by atoms with Crippen LogP contribution in [0.25, 0.3) is 6.08 Å². The number of hydrogen-bond acceptors (Lipinski definition) is 6. The average Bonchev–Trinajstić information content (AvgIpc) is 2.80. The first kappa shape index (κ1) is 23.3. The van der Waals surface area contributed by atoms with Crippen molar-refractivity contribution in [2.24, 2.45) is 0 Å². The summed E-state index contributed by atoms with van der Waals surface area (Å²) in [5.74, 6) is 0.0660. The predicted molar refractivity (Wildman–Crippen MR) is 132 cm³/mol. The molecule has 34 heavy (non-hydrogen) atoms. The van der Waals surface area contributed by atoms with Crippen molar-refractivity contribution in [3.05, 3.63) is 83.9 Å². The van der Waals surface area contributed by atoms with E-state index in [4.69, 9.17) is 9.47 Å². The minimum absolute atomic E-state index is 0.224. The average molecular weight is 474 g/mol. The number of nitrogens with zero attached hydrogens (tertiary/aromatic N) is 1. The van der Waals surface area contributed by atoms with Gasteiger partial charge >= 0.3 is 6.16 Å². The molecule has 0 N–H and O–H groups in total. The maximum Gasteiger partial charge on any atom is 0.514 e. The van der Waals surface area contributed by atoms with E-state index in [1.54, 1.807) is 80.3 Å². The minimum atomic E-state index is -0.813. The van der Waals surface area contributed by atoms with Crippen LogP contribution in [0.3, 0.4) is 0 Å². The van der Waals surface area contributed by atoms with Crippen molar-refractivity contribution < 1.29 is 23.9 Å². The summed E-state index contributed by atoms with van der Waals surface area (Å²) in [6, 6.07) is 17.4. The van der Waals surface area contributed by atoms with Gasteiger partial charge in [-0.1, -0.05) is 36.5 Å². The number of anilines is 2. The fourth-order valence-electron chi connectivity index (χ4n) is 3.42. The van der Waals surface area contributed by atoms with Gasteiger partial charge in [0.25, 0.3) is 5.91 Å². The van der Waals surface area contributed by atoms with E-state index in [9.17, 15) is 14.4 Å². The minimum Gasteiger partial charge on any atom is -0.428 e. The molecule has 1 heterocycles. The van der Waals surface area contributed by atoms with Crippen molar-refractivity contribution in [2.75, 3.05) is 4.90 Å². The van der Waals surface area contributed by atoms with Crippen molar-refractivity contribution in [2.45, 2.75) is 36.2 Å². The van der Waals surface area contributed by atoms with Gasteiger partial charge in [-0.3, -0.25) is 14.5 Å². The summed E-state index contributed by atoms with van der Waals surface area (Å²) in [4.78, 5) is 40.1. The van der Waals surface area contributed by atoms with E-state index in [1.807, 2.05) is 12.1 Å². The van der Waals surface area contributed by atoms with Gasteiger partial charge in [0.2, 0.25) is 0 Å². The lowest BCUT2D eigenvalue weighted by molar-refractivity contribution is 0.0205. The normalized spacial score (nSPS) is 12.3. The monoisotopic (exact) mass is 473 g/mol. The van der Waals surface area contributed by atoms with Crippen molar-refractivity contribution in [1.82, 2.24) is 0 Å². The molecule has 1 amide bonds. The predicted octanol–water partition coefficient (Wildman–Crippen LogP) is 6.90. The first-order chi connectivity index (χ1) is 16.2. The maximum atomic E-state index is 13.6. The fraction of sp³-hybridized carbons (Fsp3) is 0.148. The SMILES string of the molecule is C=Cc1ccc(C(=O)N2c3ccc(C=O)cc3Sc3cc(OC(=O)OC(C)(C)C)ccc32)cc1. The Hall–Kier alpha value is -3.84. The third-order valence-electron chi connectivity index (χ3n) is 4.94. The highest BCUT2D eigenvalue weighted by atomic mass is 32.2. The highest BCUT2D eigenvalue weighted by molar-refractivity contribution is 7.99. The van der Waals surface area contributed by atoms with Gasteiger partial charge in [-0.15, -0.1) is 0 Å². The van der Waals surface area contributed by atoms with Gasteiger partial charge in [0, 0.05) is 20.9 Å². The summed E-state index contributed by atoms with van der Waals surface area (Å²) < 4.78 is 10.6. The zero-order chi connectivity index (χ0) is 24.5. The Morgan fingerprint density at radius 1 is 0.912 bits per heavy atom. The van der Waals surface area contributed by atoms with Crippen LogP contribution in [0.2, 0.25) is 0 Å². The van der Waals surface area contributed by atoms with Crippen LogP contribution in [0.1, 0.15) is 47.1 Å². The number of ether oxygens (including phenoxy) is 2. The van der Waals surface area contributed by atoms with Gasteiger partial charge in [-0.05, 0) is 74.9 Å². The number of benzene rings is 3. The number of carbonyl (C=O) groups is 3. The van der Waals surface area contributed by atoms with Gasteiger partial charge in [-0.2, -0.15) is 0 Å². The molecular formula is C27H23NO5S. The van der Waals surface area contributed by atoms with Crippen molar-refractivity contribution in [3.8, 4) is 5.75 Å². The van der Waals surface area contributed by atoms with Crippen LogP contribution in [0.5, 0.6) is 5.75 Å². The topological polar surface area (TPSA) is 72.9 Å². The smallest absolute Gasteiger partial charge is 0.428 e. The number of amides is 1. The molecule has 0 saturated carbocycles. The number of fused-ring (bicyclic) bond motifs is 2. The molecule has 4 rings (SSSR count). The van der Waals surface area contributed by atoms with Gasteiger partial charge in [0.15, 0.2) is 0 Å². The highest BCUT2D eigenvalue weighted by Gasteiger charge is 2.30. The lowest BCUT2D eigenvalue weighted by Gasteiger charge is -2.31. The maximum absolute atomic E-state index is 13.6. The summed E-state index contributed by atoms with van der Waals surface area (Å²) in [7, 11) is 0. The first-order valence-electron chi connectivity index (χ1n) is 10.6. The fourth-order valence-corrected chi connectivity index (χ4v) is 4.55. The third-order valence-corrected chi connectivity index (χ3v) is 6.03. The second-order valence-electron chi connectivity index (χ2n) is 8.61. The van der Waals surface area contributed by atoms with Crippen LogP contribution >= 0.6 is 11.8 Å². The molecule has 7 heteroatoms. The number of carbonyl (C=O) groups excluding carboxylic acids is 3. The number of hydrogen-bond donors (Lipinski definition) is 0. The summed E-state index contributed by atoms with van der Waals surface area (Å²) in [6.07, 6.45) is 1.66. The first-order valence-corrected chi connectivity index (χ1v) is 11.4. The summed E-state index contributed by atoms with van der Waals surface area (Å²) in [6.45, 7) is 9.01. The molecular weight excluding hydrogens is 450 g/mol. The van der Waals surface area contributed by atoms with E-state index in [1.165, 1.54) is 11.8 Å². The van der Waals surface area contributed by atoms with E-state index >= 15 is 0 Å². The molecule has 0 radical (unpaired) electrons. The van der Waals surface area contributed by atoms with Crippen LogP contribution in [0, 0.1) is 0 Å². The molecule has 3 aromatic carbocycles. The van der Waals surface area contributed by atoms with Crippen LogP contribution < -0.4 is 9.64 Å². The standard InChI is InChI=1S/C27H23NO5S/c1-5-17-6-9-19(10-7-17)25(30)28-21-12-8-18(16-29)14-23(21)34-24-15-20(11-13-22(24)28)32-26(31)33-27(2,3)4/h5-16H,1H2,2-4H3. The van der Waals surface area contributed by atoms with Crippen molar-refractivity contribution >= 4 is 47.6 Å². The van der Waals surface area contributed by atoms with Gasteiger partial charge in [0.05, 0.1) is 11.4 Å². The zero-order valence-electron chi connectivity index (χ0n) is 19.0. The molecule has 6 nitrogen and oxygen atoms in total. The van der Waals surface area contributed by atoms with Gasteiger partial charge < -0.3 is 9.47 Å². The van der Waals surface area contributed by atoms with E-state index < -0.39 is 11.8 Å².